The Morgan fingerprint density at radius 2 is 2.16 bits per heavy atom. The molecule has 1 aromatic rings. The minimum atomic E-state index is -0.297. The number of piperidine rings is 2. The molecule has 0 spiro atoms. The summed E-state index contributed by atoms with van der Waals surface area (Å²) >= 11 is 0. The van der Waals surface area contributed by atoms with Gasteiger partial charge in [0, 0.05) is 36.9 Å². The summed E-state index contributed by atoms with van der Waals surface area (Å²) in [7, 11) is 0. The van der Waals surface area contributed by atoms with Gasteiger partial charge in [-0.15, -0.1) is 0 Å². The Balaban J connectivity index is 1.75. The number of amides is 1. The van der Waals surface area contributed by atoms with Gasteiger partial charge in [0.05, 0.1) is 0 Å². The number of rotatable bonds is 1. The number of carbonyl (C=O) groups excluding carboxylic acids is 1. The van der Waals surface area contributed by atoms with E-state index in [4.69, 9.17) is 5.73 Å². The number of nitrogens with zero attached hydrogens (tertiary/aromatic N) is 1. The Morgan fingerprint density at radius 3 is 2.95 bits per heavy atom. The van der Waals surface area contributed by atoms with E-state index in [0.29, 0.717) is 18.0 Å². The first-order valence-electron chi connectivity index (χ1n) is 6.72. The fourth-order valence-electron chi connectivity index (χ4n) is 3.12. The normalized spacial score (nSPS) is 26.8. The summed E-state index contributed by atoms with van der Waals surface area (Å²) in [5.74, 6) is 0.315. The molecule has 5 heteroatoms. The number of fused-ring (bicyclic) bond motifs is 1. The number of nitrogen functional groups attached to an aromatic ring is 1. The molecule has 0 bridgehead atoms. The van der Waals surface area contributed by atoms with Crippen LogP contribution in [0.3, 0.4) is 0 Å². The van der Waals surface area contributed by atoms with Gasteiger partial charge in [-0.05, 0) is 37.0 Å². The molecule has 2 aliphatic rings. The predicted octanol–water partition coefficient (Wildman–Crippen LogP) is 1.51. The van der Waals surface area contributed by atoms with Crippen molar-refractivity contribution in [2.24, 2.45) is 5.92 Å². The molecule has 4 nitrogen and oxygen atoms in total. The van der Waals surface area contributed by atoms with Crippen LogP contribution in [-0.2, 0) is 4.79 Å². The van der Waals surface area contributed by atoms with Crippen LogP contribution in [0.5, 0.6) is 0 Å². The number of carbonyl (C=O) groups is 1. The van der Waals surface area contributed by atoms with Gasteiger partial charge in [-0.2, -0.15) is 0 Å². The summed E-state index contributed by atoms with van der Waals surface area (Å²) in [5, 5.41) is 3.05. The van der Waals surface area contributed by atoms with Crippen LogP contribution in [0.15, 0.2) is 18.2 Å². The molecule has 102 valence electrons. The molecule has 1 amide bonds. The molecular formula is C14H18FN3O. The number of hydrogen-bond acceptors (Lipinski definition) is 3. The lowest BCUT2D eigenvalue weighted by molar-refractivity contribution is -0.124. The smallest absolute Gasteiger partial charge is 0.220 e. The molecular weight excluding hydrogens is 245 g/mol. The largest absolute Gasteiger partial charge is 0.399 e. The monoisotopic (exact) mass is 263 g/mol. The molecule has 0 aliphatic carbocycles. The van der Waals surface area contributed by atoms with E-state index in [0.717, 1.165) is 31.6 Å². The highest BCUT2D eigenvalue weighted by Gasteiger charge is 2.33. The molecule has 1 aromatic carbocycles. The van der Waals surface area contributed by atoms with Crippen molar-refractivity contribution in [1.29, 1.82) is 0 Å². The molecule has 2 saturated heterocycles. The van der Waals surface area contributed by atoms with Gasteiger partial charge in [-0.1, -0.05) is 0 Å². The Kier molecular flexibility index (Phi) is 3.05. The molecule has 0 saturated carbocycles. The Morgan fingerprint density at radius 1 is 1.32 bits per heavy atom. The maximum absolute atomic E-state index is 13.4. The lowest BCUT2D eigenvalue weighted by Gasteiger charge is -2.42. The van der Waals surface area contributed by atoms with Crippen molar-refractivity contribution in [2.45, 2.75) is 25.3 Å². The fourth-order valence-corrected chi connectivity index (χ4v) is 3.12. The van der Waals surface area contributed by atoms with E-state index < -0.39 is 0 Å². The Hall–Kier alpha value is -1.78. The number of anilines is 2. The molecule has 2 heterocycles. The molecule has 2 aliphatic heterocycles. The number of hydrogen-bond donors (Lipinski definition) is 2. The van der Waals surface area contributed by atoms with Crippen molar-refractivity contribution >= 4 is 17.3 Å². The lowest BCUT2D eigenvalue weighted by atomic mass is 9.85. The third-order valence-corrected chi connectivity index (χ3v) is 4.09. The predicted molar refractivity (Wildman–Crippen MR) is 72.3 cm³/mol. The highest BCUT2D eigenvalue weighted by atomic mass is 19.1. The topological polar surface area (TPSA) is 58.4 Å². The van der Waals surface area contributed by atoms with Crippen molar-refractivity contribution in [3.05, 3.63) is 24.0 Å². The highest BCUT2D eigenvalue weighted by Crippen LogP contribution is 2.29. The van der Waals surface area contributed by atoms with Crippen molar-refractivity contribution in [2.75, 3.05) is 23.7 Å². The minimum Gasteiger partial charge on any atom is -0.399 e. The SMILES string of the molecule is Nc1cc(F)cc(N2CCC3NC(=O)CCC3C2)c1. The molecule has 2 atom stereocenters. The zero-order chi connectivity index (χ0) is 13.4. The first-order chi connectivity index (χ1) is 9.11. The maximum Gasteiger partial charge on any atom is 0.220 e. The van der Waals surface area contributed by atoms with Crippen molar-refractivity contribution in [3.63, 3.8) is 0 Å². The van der Waals surface area contributed by atoms with Crippen molar-refractivity contribution in [3.8, 4) is 0 Å². The standard InChI is InChI=1S/C14H18FN3O/c15-10-5-11(16)7-12(6-10)18-4-3-13-9(8-18)1-2-14(19)17-13/h5-7,9,13H,1-4,8,16H2,(H,17,19). The molecule has 2 fully saturated rings. The van der Waals surface area contributed by atoms with Crippen molar-refractivity contribution < 1.29 is 9.18 Å². The number of nitrogens with one attached hydrogen (secondary N) is 1. The van der Waals surface area contributed by atoms with Crippen LogP contribution < -0.4 is 16.0 Å². The van der Waals surface area contributed by atoms with E-state index in [9.17, 15) is 9.18 Å². The summed E-state index contributed by atoms with van der Waals surface area (Å²) in [5.41, 5.74) is 6.99. The zero-order valence-electron chi connectivity index (χ0n) is 10.7. The summed E-state index contributed by atoms with van der Waals surface area (Å²) in [6.07, 6.45) is 2.42. The van der Waals surface area contributed by atoms with E-state index >= 15 is 0 Å². The second-order valence-corrected chi connectivity index (χ2v) is 5.45. The molecule has 19 heavy (non-hydrogen) atoms. The number of halogens is 1. The number of nitrogens with two attached hydrogens (primary N) is 1. The molecule has 0 radical (unpaired) electrons. The minimum absolute atomic E-state index is 0.157. The molecule has 3 rings (SSSR count). The van der Waals surface area contributed by atoms with Gasteiger partial charge in [0.15, 0.2) is 0 Å². The number of benzene rings is 1. The van der Waals surface area contributed by atoms with Crippen LogP contribution in [0, 0.1) is 11.7 Å². The average molecular weight is 263 g/mol. The Labute approximate surface area is 111 Å². The lowest BCUT2D eigenvalue weighted by Crippen LogP contribution is -2.54. The summed E-state index contributed by atoms with van der Waals surface area (Å²) < 4.78 is 13.4. The Bertz CT molecular complexity index is 485. The van der Waals surface area contributed by atoms with Gasteiger partial charge in [0.1, 0.15) is 5.82 Å². The fraction of sp³-hybridized carbons (Fsp3) is 0.500. The first-order valence-corrected chi connectivity index (χ1v) is 6.72. The summed E-state index contributed by atoms with van der Waals surface area (Å²) in [4.78, 5) is 13.5. The summed E-state index contributed by atoms with van der Waals surface area (Å²) in [6, 6.07) is 4.95. The van der Waals surface area contributed by atoms with Crippen LogP contribution in [0.2, 0.25) is 0 Å². The van der Waals surface area contributed by atoms with Crippen LogP contribution in [0.1, 0.15) is 19.3 Å². The third-order valence-electron chi connectivity index (χ3n) is 4.09. The van der Waals surface area contributed by atoms with Crippen LogP contribution >= 0.6 is 0 Å². The van der Waals surface area contributed by atoms with Gasteiger partial charge in [-0.3, -0.25) is 4.79 Å². The molecule has 0 aromatic heterocycles. The van der Waals surface area contributed by atoms with Gasteiger partial charge in [0.2, 0.25) is 5.91 Å². The maximum atomic E-state index is 13.4. The quantitative estimate of drug-likeness (QED) is 0.755. The molecule has 3 N–H and O–H groups in total. The van der Waals surface area contributed by atoms with Gasteiger partial charge in [-0.25, -0.2) is 4.39 Å². The van der Waals surface area contributed by atoms with Crippen LogP contribution in [-0.4, -0.2) is 25.0 Å². The van der Waals surface area contributed by atoms with Crippen molar-refractivity contribution in [1.82, 2.24) is 5.32 Å². The van der Waals surface area contributed by atoms with Crippen LogP contribution in [0.25, 0.3) is 0 Å². The average Bonchev–Trinajstić information content (AvgIpc) is 2.37. The van der Waals surface area contributed by atoms with E-state index in [1.165, 1.54) is 12.1 Å². The molecule has 2 unspecified atom stereocenters. The van der Waals surface area contributed by atoms with Gasteiger partial charge < -0.3 is 16.0 Å². The van der Waals surface area contributed by atoms with E-state index in [-0.39, 0.29) is 17.8 Å². The van der Waals surface area contributed by atoms with Crippen LogP contribution in [0.4, 0.5) is 15.8 Å². The second-order valence-electron chi connectivity index (χ2n) is 5.45. The summed E-state index contributed by atoms with van der Waals surface area (Å²) in [6.45, 7) is 1.68. The highest BCUT2D eigenvalue weighted by molar-refractivity contribution is 5.77. The van der Waals surface area contributed by atoms with Gasteiger partial charge in [0.25, 0.3) is 0 Å². The van der Waals surface area contributed by atoms with E-state index in [1.54, 1.807) is 0 Å². The first kappa shape index (κ1) is 12.3. The van der Waals surface area contributed by atoms with E-state index in [2.05, 4.69) is 10.2 Å². The third kappa shape index (κ3) is 2.50. The van der Waals surface area contributed by atoms with Gasteiger partial charge >= 0.3 is 0 Å². The zero-order valence-corrected chi connectivity index (χ0v) is 10.7. The van der Waals surface area contributed by atoms with E-state index in [1.807, 2.05) is 6.07 Å². The second kappa shape index (κ2) is 4.72.